The van der Waals surface area contributed by atoms with Crippen LogP contribution < -0.4 is 27.0 Å². The van der Waals surface area contributed by atoms with Gasteiger partial charge in [0.2, 0.25) is 35.4 Å². The van der Waals surface area contributed by atoms with Crippen molar-refractivity contribution in [2.24, 2.45) is 5.73 Å². The summed E-state index contributed by atoms with van der Waals surface area (Å²) in [6.45, 7) is -0.361. The zero-order valence-corrected chi connectivity index (χ0v) is 45.6. The fraction of sp³-hybridized carbons (Fsp3) is 0.362. The molecule has 25 heteroatoms. The van der Waals surface area contributed by atoms with Gasteiger partial charge in [-0.3, -0.25) is 48.2 Å². The summed E-state index contributed by atoms with van der Waals surface area (Å²) in [5, 5.41) is 10.7. The minimum absolute atomic E-state index is 0.00269. The van der Waals surface area contributed by atoms with E-state index in [9.17, 15) is 66.3 Å². The second kappa shape index (κ2) is 25.2. The number of piperidine rings is 1. The van der Waals surface area contributed by atoms with Crippen LogP contribution in [0.4, 0.5) is 13.6 Å². The van der Waals surface area contributed by atoms with E-state index in [1.54, 1.807) is 18.2 Å². The molecule has 4 aliphatic rings. The molecule has 5 atom stereocenters. The SMILES string of the molecule is NC(=O)CC[C@H](NC(=O)[C@@H]1CC[C@@H]2CCN(C(=O)OCCCCC#Cc3cccc4c3CN(C3CCC(=O)NC3=O)C4=O)C[C@H](NC(=O)c3cc4cc(C(F)(F)P(=O)(O)O)ccc4[nH]3)C(=O)N21)C(=O)NC(c1ccccc1)c1ccccc1. The lowest BCUT2D eigenvalue weighted by molar-refractivity contribution is -0.144. The number of alkyl halides is 2. The van der Waals surface area contributed by atoms with Crippen LogP contribution >= 0.6 is 7.60 Å². The number of nitrogens with one attached hydrogen (secondary N) is 5. The molecule has 3 saturated heterocycles. The Hall–Kier alpha value is -8.78. The average molecular weight is 1160 g/mol. The highest BCUT2D eigenvalue weighted by atomic mass is 31.2. The molecule has 0 radical (unpaired) electrons. The number of hydrogen-bond donors (Lipinski definition) is 8. The lowest BCUT2D eigenvalue weighted by Gasteiger charge is -2.38. The Morgan fingerprint density at radius 3 is 2.28 bits per heavy atom. The highest BCUT2D eigenvalue weighted by Gasteiger charge is 2.51. The molecule has 4 aromatic carbocycles. The van der Waals surface area contributed by atoms with Gasteiger partial charge in [0.1, 0.15) is 29.9 Å². The lowest BCUT2D eigenvalue weighted by atomic mass is 9.98. The molecule has 9 amide bonds. The largest absolute Gasteiger partial charge is 0.449 e. The van der Waals surface area contributed by atoms with Crippen LogP contribution in [0.5, 0.6) is 0 Å². The number of carbonyl (C=O) groups is 9. The molecular weight excluding hydrogens is 1100 g/mol. The summed E-state index contributed by atoms with van der Waals surface area (Å²) in [5.41, 5.74) is 3.03. The number of carbonyl (C=O) groups excluding carboxylic acids is 9. The monoisotopic (exact) mass is 1160 g/mol. The smallest absolute Gasteiger partial charge is 0.409 e. The molecule has 0 saturated carbocycles. The van der Waals surface area contributed by atoms with Crippen molar-refractivity contribution in [2.75, 3.05) is 19.7 Å². The second-order valence-electron chi connectivity index (χ2n) is 20.8. The van der Waals surface area contributed by atoms with E-state index in [0.717, 1.165) is 35.4 Å². The van der Waals surface area contributed by atoms with Crippen LogP contribution in [0.3, 0.4) is 0 Å². The quantitative estimate of drug-likeness (QED) is 0.0263. The van der Waals surface area contributed by atoms with Crippen molar-refractivity contribution >= 4 is 71.8 Å². The first-order valence-corrected chi connectivity index (χ1v) is 28.7. The topological polar surface area (TPSA) is 320 Å². The van der Waals surface area contributed by atoms with E-state index < -0.39 is 103 Å². The molecule has 0 bridgehead atoms. The number of benzene rings is 4. The number of H-pyrrole nitrogens is 1. The summed E-state index contributed by atoms with van der Waals surface area (Å²) < 4.78 is 46.8. The van der Waals surface area contributed by atoms with Crippen LogP contribution in [0, 0.1) is 11.8 Å². The Balaban J connectivity index is 0.888. The maximum atomic E-state index is 15.0. The fourth-order valence-electron chi connectivity index (χ4n) is 10.9. The van der Waals surface area contributed by atoms with Crippen molar-refractivity contribution in [3.8, 4) is 11.8 Å². The minimum Gasteiger partial charge on any atom is -0.449 e. The van der Waals surface area contributed by atoms with Gasteiger partial charge in [-0.25, -0.2) is 4.79 Å². The zero-order chi connectivity index (χ0) is 59.2. The first-order chi connectivity index (χ1) is 39.7. The number of rotatable bonds is 18. The molecule has 3 fully saturated rings. The molecule has 1 aromatic heterocycles. The number of nitrogens with zero attached hydrogens (tertiary/aromatic N) is 3. The van der Waals surface area contributed by atoms with E-state index in [1.165, 1.54) is 14.7 Å². The van der Waals surface area contributed by atoms with E-state index in [2.05, 4.69) is 38.1 Å². The molecule has 22 nitrogen and oxygen atoms in total. The molecule has 9 rings (SSSR count). The molecule has 5 heterocycles. The van der Waals surface area contributed by atoms with Gasteiger partial charge in [0, 0.05) is 66.0 Å². The van der Waals surface area contributed by atoms with Crippen LogP contribution in [-0.2, 0) is 50.3 Å². The van der Waals surface area contributed by atoms with Crippen LogP contribution in [-0.4, -0.2) is 133 Å². The second-order valence-corrected chi connectivity index (χ2v) is 22.4. The van der Waals surface area contributed by atoms with Crippen molar-refractivity contribution in [3.63, 3.8) is 0 Å². The molecule has 4 aliphatic heterocycles. The van der Waals surface area contributed by atoms with Gasteiger partial charge in [-0.15, -0.1) is 0 Å². The molecule has 0 spiro atoms. The average Bonchev–Trinajstić information content (AvgIpc) is 4.43. The number of primary amides is 1. The summed E-state index contributed by atoms with van der Waals surface area (Å²) in [4.78, 5) is 147. The molecule has 5 aromatic rings. The molecule has 0 aliphatic carbocycles. The van der Waals surface area contributed by atoms with Crippen molar-refractivity contribution < 1.29 is 71.0 Å². The molecule has 9 N–H and O–H groups in total. The maximum Gasteiger partial charge on any atom is 0.409 e. The van der Waals surface area contributed by atoms with Crippen LogP contribution in [0.25, 0.3) is 10.9 Å². The predicted molar refractivity (Wildman–Crippen MR) is 293 cm³/mol. The van der Waals surface area contributed by atoms with E-state index in [-0.39, 0.29) is 93.1 Å². The lowest BCUT2D eigenvalue weighted by Crippen LogP contribution is -2.62. The standard InChI is InChI=1S/C58H60F2N9O13P/c59-58(60,83(79,80)81)38-19-21-42-37(30-38)31-44(62-42)52(73)64-45-33-67(57(78)82-29-10-2-1-5-12-34-17-11-18-40-41(34)32-68(55(40)76)46-24-26-49(71)65-53(46)74)28-27-39-20-23-47(69(39)56(45)77)54(75)63-43(22-25-48(61)70)51(72)66-50(35-13-6-3-7-14-35)36-15-8-4-9-16-36/h3-4,6-9,11,13-19,21,30-31,39,43,45-47,50,62H,1-2,10,20,22-29,32-33H2,(H2,61,70)(H,63,75)(H,64,73)(H,66,72)(H,65,71,74)(H2,79,80,81)/t39-,43+,45+,46?,47+/m1/s1. The Labute approximate surface area is 474 Å². The van der Waals surface area contributed by atoms with Gasteiger partial charge in [0.25, 0.3) is 11.8 Å². The number of unbranched alkanes of at least 4 members (excludes halogenated alkanes) is 2. The van der Waals surface area contributed by atoms with Gasteiger partial charge in [-0.2, -0.15) is 8.78 Å². The molecular formula is C58H60F2N9O13P. The van der Waals surface area contributed by atoms with E-state index in [4.69, 9.17) is 10.5 Å². The van der Waals surface area contributed by atoms with E-state index in [1.807, 2.05) is 60.7 Å². The predicted octanol–water partition coefficient (Wildman–Crippen LogP) is 4.33. The minimum atomic E-state index is -5.95. The van der Waals surface area contributed by atoms with Gasteiger partial charge < -0.3 is 55.9 Å². The molecule has 1 unspecified atom stereocenters. The third-order valence-corrected chi connectivity index (χ3v) is 16.2. The van der Waals surface area contributed by atoms with Crippen molar-refractivity contribution in [1.29, 1.82) is 0 Å². The van der Waals surface area contributed by atoms with Crippen LogP contribution in [0.1, 0.15) is 119 Å². The number of aromatic amines is 1. The first-order valence-electron chi connectivity index (χ1n) is 27.0. The number of aromatic nitrogens is 1. The van der Waals surface area contributed by atoms with Gasteiger partial charge in [-0.05, 0) is 92.0 Å². The van der Waals surface area contributed by atoms with Gasteiger partial charge >= 0.3 is 19.4 Å². The van der Waals surface area contributed by atoms with E-state index in [0.29, 0.717) is 36.0 Å². The number of imide groups is 1. The third-order valence-electron chi connectivity index (χ3n) is 15.2. The first kappa shape index (κ1) is 58.9. The number of nitrogens with two attached hydrogens (primary N) is 1. The zero-order valence-electron chi connectivity index (χ0n) is 44.7. The highest BCUT2D eigenvalue weighted by Crippen LogP contribution is 2.59. The highest BCUT2D eigenvalue weighted by molar-refractivity contribution is 7.52. The summed E-state index contributed by atoms with van der Waals surface area (Å²) >= 11 is 0. The van der Waals surface area contributed by atoms with Crippen molar-refractivity contribution in [3.05, 3.63) is 142 Å². The van der Waals surface area contributed by atoms with Crippen molar-refractivity contribution in [1.82, 2.24) is 41.0 Å². The molecule has 434 valence electrons. The number of hydrogen-bond acceptors (Lipinski definition) is 11. The Bertz CT molecular complexity index is 3440. The Morgan fingerprint density at radius 2 is 1.59 bits per heavy atom. The molecule has 83 heavy (non-hydrogen) atoms. The third kappa shape index (κ3) is 13.3. The number of fused-ring (bicyclic) bond motifs is 3. The summed E-state index contributed by atoms with van der Waals surface area (Å²) in [7, 11) is -5.95. The van der Waals surface area contributed by atoms with Crippen LogP contribution in [0.2, 0.25) is 0 Å². The Morgan fingerprint density at radius 1 is 0.867 bits per heavy atom. The van der Waals surface area contributed by atoms with Gasteiger partial charge in [0.15, 0.2) is 0 Å². The van der Waals surface area contributed by atoms with Crippen LogP contribution in [0.15, 0.2) is 103 Å². The number of amides is 9. The fourth-order valence-corrected chi connectivity index (χ4v) is 11.4. The van der Waals surface area contributed by atoms with Gasteiger partial charge in [-0.1, -0.05) is 84.6 Å². The number of ether oxygens (including phenoxy) is 1. The summed E-state index contributed by atoms with van der Waals surface area (Å²) in [5.74, 6) is 1.16. The van der Waals surface area contributed by atoms with Crippen molar-refractivity contribution in [2.45, 2.75) is 113 Å². The van der Waals surface area contributed by atoms with E-state index >= 15 is 0 Å². The maximum absolute atomic E-state index is 15.0. The Kier molecular flexibility index (Phi) is 17.8. The normalized spacial score (nSPS) is 19.4. The summed E-state index contributed by atoms with van der Waals surface area (Å²) in [6, 6.07) is 21.0. The number of halogens is 2. The van der Waals surface area contributed by atoms with Gasteiger partial charge in [0.05, 0.1) is 19.2 Å². The summed E-state index contributed by atoms with van der Waals surface area (Å²) in [6.07, 6.45) is 0.843.